The summed E-state index contributed by atoms with van der Waals surface area (Å²) in [5, 5.41) is 0. The highest BCUT2D eigenvalue weighted by Gasteiger charge is 2.25. The normalized spacial score (nSPS) is 18.7. The zero-order valence-electron chi connectivity index (χ0n) is 16.4. The molecule has 27 heavy (non-hydrogen) atoms. The molecule has 2 aromatic rings. The average molecular weight is 388 g/mol. The lowest BCUT2D eigenvalue weighted by Crippen LogP contribution is -3.00. The molecule has 0 saturated carbocycles. The monoisotopic (exact) mass is 387 g/mol. The molecule has 144 valence electrons. The Balaban J connectivity index is 0.00000140. The van der Waals surface area contributed by atoms with Crippen LogP contribution in [0.2, 0.25) is 0 Å². The summed E-state index contributed by atoms with van der Waals surface area (Å²) in [7, 11) is 0. The van der Waals surface area contributed by atoms with Gasteiger partial charge in [-0.2, -0.15) is 0 Å². The third-order valence-electron chi connectivity index (χ3n) is 5.30. The van der Waals surface area contributed by atoms with E-state index in [4.69, 9.17) is 9.47 Å². The second-order valence-electron chi connectivity index (χ2n) is 7.05. The van der Waals surface area contributed by atoms with Crippen LogP contribution in [0.3, 0.4) is 0 Å². The van der Waals surface area contributed by atoms with Gasteiger partial charge in [0.2, 0.25) is 0 Å². The molecular weight excluding hydrogens is 362 g/mol. The van der Waals surface area contributed by atoms with Gasteiger partial charge in [0.05, 0.1) is 0 Å². The summed E-state index contributed by atoms with van der Waals surface area (Å²) in [5.74, 6) is 1.59. The van der Waals surface area contributed by atoms with Gasteiger partial charge in [0.15, 0.2) is 17.3 Å². The highest BCUT2D eigenvalue weighted by Crippen LogP contribution is 2.31. The van der Waals surface area contributed by atoms with Gasteiger partial charge < -0.3 is 21.9 Å². The van der Waals surface area contributed by atoms with E-state index in [1.807, 2.05) is 18.2 Å². The van der Waals surface area contributed by atoms with Gasteiger partial charge in [-0.25, -0.2) is 0 Å². The molecule has 2 heterocycles. The number of fused-ring (bicyclic) bond motifs is 1. The van der Waals surface area contributed by atoms with Crippen LogP contribution in [0.5, 0.6) is 11.5 Å². The van der Waals surface area contributed by atoms with Crippen molar-refractivity contribution in [3.63, 3.8) is 0 Å². The van der Waals surface area contributed by atoms with Crippen molar-refractivity contribution in [3.8, 4) is 11.5 Å². The van der Waals surface area contributed by atoms with Gasteiger partial charge >= 0.3 is 1.43 Å². The SMILES string of the molecule is O=C(CCN1CCCC1Cc1ccccc1)c1ccc2c(c1)OCCO2.[Cl-].[H+]. The molecule has 1 fully saturated rings. The Morgan fingerprint density at radius 3 is 2.67 bits per heavy atom. The predicted molar refractivity (Wildman–Crippen MR) is 102 cm³/mol. The molecule has 4 nitrogen and oxygen atoms in total. The first-order valence-electron chi connectivity index (χ1n) is 9.50. The van der Waals surface area contributed by atoms with Gasteiger partial charge in [0.25, 0.3) is 0 Å². The summed E-state index contributed by atoms with van der Waals surface area (Å²) in [5.41, 5.74) is 2.09. The molecule has 0 amide bonds. The Labute approximate surface area is 168 Å². The maximum atomic E-state index is 12.6. The lowest BCUT2D eigenvalue weighted by molar-refractivity contribution is -0.0000140. The van der Waals surface area contributed by atoms with Gasteiger partial charge in [-0.1, -0.05) is 30.3 Å². The van der Waals surface area contributed by atoms with Gasteiger partial charge in [0.1, 0.15) is 13.2 Å². The molecule has 0 N–H and O–H groups in total. The van der Waals surface area contributed by atoms with Crippen molar-refractivity contribution < 1.29 is 28.1 Å². The number of carbonyl (C=O) groups excluding carboxylic acids is 1. The molecule has 1 saturated heterocycles. The molecule has 5 heteroatoms. The number of carbonyl (C=O) groups is 1. The summed E-state index contributed by atoms with van der Waals surface area (Å²) < 4.78 is 11.1. The van der Waals surface area contributed by atoms with Gasteiger partial charge in [-0.3, -0.25) is 9.69 Å². The Morgan fingerprint density at radius 1 is 1.07 bits per heavy atom. The minimum atomic E-state index is 0. The number of rotatable bonds is 6. The van der Waals surface area contributed by atoms with Crippen molar-refractivity contribution in [2.75, 3.05) is 26.3 Å². The van der Waals surface area contributed by atoms with Crippen molar-refractivity contribution in [3.05, 3.63) is 59.7 Å². The third-order valence-corrected chi connectivity index (χ3v) is 5.30. The maximum Gasteiger partial charge on any atom is 1.00 e. The van der Waals surface area contributed by atoms with E-state index in [1.165, 1.54) is 18.4 Å². The lowest BCUT2D eigenvalue weighted by atomic mass is 10.0. The van der Waals surface area contributed by atoms with E-state index in [0.717, 1.165) is 25.3 Å². The smallest absolute Gasteiger partial charge is 1.00 e. The van der Waals surface area contributed by atoms with E-state index in [1.54, 1.807) is 0 Å². The fourth-order valence-electron chi connectivity index (χ4n) is 3.91. The molecule has 1 atom stereocenters. The van der Waals surface area contributed by atoms with Crippen LogP contribution >= 0.6 is 0 Å². The molecule has 2 aliphatic heterocycles. The zero-order valence-corrected chi connectivity index (χ0v) is 16.2. The standard InChI is InChI=1S/C22H25NO3.ClH/c24-20(18-8-9-21-22(16-18)26-14-13-25-21)10-12-23-11-4-7-19(23)15-17-5-2-1-3-6-17;/h1-3,5-6,8-9,16,19H,4,7,10-15H2;1H. The fraction of sp³-hybridized carbons (Fsp3) is 0.409. The van der Waals surface area contributed by atoms with Crippen LogP contribution in [0.1, 0.15) is 36.6 Å². The summed E-state index contributed by atoms with van der Waals surface area (Å²) in [4.78, 5) is 15.1. The topological polar surface area (TPSA) is 38.8 Å². The van der Waals surface area contributed by atoms with E-state index >= 15 is 0 Å². The Kier molecular flexibility index (Phi) is 6.75. The third kappa shape index (κ3) is 4.82. The fourth-order valence-corrected chi connectivity index (χ4v) is 3.91. The van der Waals surface area contributed by atoms with Crippen LogP contribution in [0.4, 0.5) is 0 Å². The Hall–Kier alpha value is -2.04. The molecule has 2 aliphatic rings. The van der Waals surface area contributed by atoms with Crippen molar-refractivity contribution in [2.45, 2.75) is 31.7 Å². The highest BCUT2D eigenvalue weighted by molar-refractivity contribution is 5.96. The number of Topliss-reactive ketones (excluding diaryl/α,β-unsaturated/α-hetero) is 1. The van der Waals surface area contributed by atoms with Crippen LogP contribution in [0.25, 0.3) is 0 Å². The minimum Gasteiger partial charge on any atom is -1.00 e. The lowest BCUT2D eigenvalue weighted by Gasteiger charge is -2.24. The minimum absolute atomic E-state index is 0. The molecule has 1 unspecified atom stereocenters. The summed E-state index contributed by atoms with van der Waals surface area (Å²) in [6.45, 7) is 3.02. The van der Waals surface area contributed by atoms with Crippen molar-refractivity contribution >= 4 is 5.78 Å². The first kappa shape index (κ1) is 19.7. The quantitative estimate of drug-likeness (QED) is 0.689. The summed E-state index contributed by atoms with van der Waals surface area (Å²) >= 11 is 0. The van der Waals surface area contributed by atoms with Gasteiger partial charge in [-0.05, 0) is 49.6 Å². The summed E-state index contributed by atoms with van der Waals surface area (Å²) in [6, 6.07) is 16.7. The van der Waals surface area contributed by atoms with Crippen molar-refractivity contribution in [1.82, 2.24) is 4.90 Å². The number of ketones is 1. The van der Waals surface area contributed by atoms with Gasteiger partial charge in [-0.15, -0.1) is 0 Å². The van der Waals surface area contributed by atoms with E-state index in [0.29, 0.717) is 37.0 Å². The van der Waals surface area contributed by atoms with E-state index in [-0.39, 0.29) is 19.6 Å². The van der Waals surface area contributed by atoms with Crippen LogP contribution in [-0.2, 0) is 6.42 Å². The number of nitrogens with zero attached hydrogens (tertiary/aromatic N) is 1. The summed E-state index contributed by atoms with van der Waals surface area (Å²) in [6.07, 6.45) is 4.05. The van der Waals surface area contributed by atoms with E-state index in [9.17, 15) is 4.79 Å². The molecule has 0 bridgehead atoms. The number of ether oxygens (including phenoxy) is 2. The maximum absolute atomic E-state index is 12.6. The highest BCUT2D eigenvalue weighted by atomic mass is 35.5. The second kappa shape index (κ2) is 9.25. The zero-order chi connectivity index (χ0) is 17.8. The van der Waals surface area contributed by atoms with Crippen LogP contribution in [0, 0.1) is 0 Å². The number of benzene rings is 2. The largest absolute Gasteiger partial charge is 1.00 e. The second-order valence-corrected chi connectivity index (χ2v) is 7.05. The van der Waals surface area contributed by atoms with Crippen LogP contribution in [0.15, 0.2) is 48.5 Å². The van der Waals surface area contributed by atoms with Crippen molar-refractivity contribution in [2.24, 2.45) is 0 Å². The number of hydrogen-bond acceptors (Lipinski definition) is 4. The van der Waals surface area contributed by atoms with Crippen LogP contribution in [-0.4, -0.2) is 43.0 Å². The Bertz CT molecular complexity index is 772. The first-order valence-corrected chi connectivity index (χ1v) is 9.50. The molecule has 4 rings (SSSR count). The van der Waals surface area contributed by atoms with E-state index in [2.05, 4.69) is 35.2 Å². The average Bonchev–Trinajstić information content (AvgIpc) is 3.13. The number of halogens is 1. The van der Waals surface area contributed by atoms with Gasteiger partial charge in [0, 0.05) is 24.6 Å². The van der Waals surface area contributed by atoms with E-state index < -0.39 is 0 Å². The predicted octanol–water partition coefficient (Wildman–Crippen LogP) is 0.854. The molecule has 0 spiro atoms. The molecule has 2 aromatic carbocycles. The number of hydrogen-bond donors (Lipinski definition) is 0. The van der Waals surface area contributed by atoms with Crippen LogP contribution < -0.4 is 21.9 Å². The Morgan fingerprint density at radius 2 is 1.85 bits per heavy atom. The first-order chi connectivity index (χ1) is 12.8. The molecule has 0 radical (unpaired) electrons. The van der Waals surface area contributed by atoms with Crippen molar-refractivity contribution in [1.29, 1.82) is 0 Å². The molecule has 0 aliphatic carbocycles. The number of likely N-dealkylation sites (tertiary alicyclic amines) is 1. The molecule has 0 aromatic heterocycles. The molecular formula is C22H26ClNO3.